The number of nitrogens with zero attached hydrogens (tertiary/aromatic N) is 2. The number of anilines is 1. The number of nitrogens with one attached hydrogen (secondary N) is 2. The molecule has 3 rings (SSSR count). The number of hydrogen-bond donors (Lipinski definition) is 2. The SMILES string of the molecule is CC(=O)Nc1cc(OC(F)(F)F)ccc1-c1nc(-c2ccc(OC(F)(F)F)cc2)n[nH]1. The fourth-order valence-corrected chi connectivity index (χ4v) is 2.54. The largest absolute Gasteiger partial charge is 0.573 e. The summed E-state index contributed by atoms with van der Waals surface area (Å²) in [7, 11) is 0. The molecule has 1 aromatic heterocycles. The lowest BCUT2D eigenvalue weighted by atomic mass is 10.1. The second-order valence-corrected chi connectivity index (χ2v) is 6.02. The van der Waals surface area contributed by atoms with Crippen LogP contribution >= 0.6 is 0 Å². The number of carbonyl (C=O) groups excluding carboxylic acids is 1. The van der Waals surface area contributed by atoms with Crippen LogP contribution in [0.4, 0.5) is 32.0 Å². The molecule has 7 nitrogen and oxygen atoms in total. The maximum absolute atomic E-state index is 12.5. The summed E-state index contributed by atoms with van der Waals surface area (Å²) in [5, 5.41) is 8.89. The molecule has 2 aromatic carbocycles. The van der Waals surface area contributed by atoms with Crippen LogP contribution in [0.5, 0.6) is 11.5 Å². The number of ether oxygens (including phenoxy) is 2. The Morgan fingerprint density at radius 3 is 2.10 bits per heavy atom. The lowest BCUT2D eigenvalue weighted by Gasteiger charge is -2.12. The monoisotopic (exact) mass is 446 g/mol. The summed E-state index contributed by atoms with van der Waals surface area (Å²) < 4.78 is 81.8. The Morgan fingerprint density at radius 2 is 1.52 bits per heavy atom. The van der Waals surface area contributed by atoms with Crippen molar-refractivity contribution in [2.24, 2.45) is 0 Å². The van der Waals surface area contributed by atoms with E-state index >= 15 is 0 Å². The Hall–Kier alpha value is -3.77. The van der Waals surface area contributed by atoms with Crippen LogP contribution in [0, 0.1) is 0 Å². The van der Waals surface area contributed by atoms with Gasteiger partial charge in [0.15, 0.2) is 11.6 Å². The molecule has 0 aliphatic rings. The average molecular weight is 446 g/mol. The topological polar surface area (TPSA) is 89.1 Å². The number of amides is 1. The molecule has 0 radical (unpaired) electrons. The summed E-state index contributed by atoms with van der Waals surface area (Å²) in [6, 6.07) is 7.97. The van der Waals surface area contributed by atoms with Crippen LogP contribution in [0.2, 0.25) is 0 Å². The normalized spacial score (nSPS) is 11.8. The highest BCUT2D eigenvalue weighted by atomic mass is 19.4. The number of carbonyl (C=O) groups is 1. The van der Waals surface area contributed by atoms with Crippen LogP contribution in [-0.2, 0) is 4.79 Å². The minimum Gasteiger partial charge on any atom is -0.406 e. The minimum atomic E-state index is -4.92. The fourth-order valence-electron chi connectivity index (χ4n) is 2.54. The molecule has 31 heavy (non-hydrogen) atoms. The van der Waals surface area contributed by atoms with Crippen molar-refractivity contribution < 1.29 is 40.6 Å². The number of halogens is 6. The Balaban J connectivity index is 1.89. The zero-order valence-electron chi connectivity index (χ0n) is 15.4. The molecule has 0 spiro atoms. The van der Waals surface area contributed by atoms with E-state index < -0.39 is 30.1 Å². The van der Waals surface area contributed by atoms with Crippen molar-refractivity contribution in [3.05, 3.63) is 42.5 Å². The smallest absolute Gasteiger partial charge is 0.406 e. The quantitative estimate of drug-likeness (QED) is 0.545. The minimum absolute atomic E-state index is 0.0223. The predicted octanol–water partition coefficient (Wildman–Crippen LogP) is 4.89. The molecule has 2 N–H and O–H groups in total. The third-order valence-electron chi connectivity index (χ3n) is 3.62. The van der Waals surface area contributed by atoms with Gasteiger partial charge in [0.1, 0.15) is 11.5 Å². The molecule has 0 bridgehead atoms. The Bertz CT molecular complexity index is 1080. The van der Waals surface area contributed by atoms with Crippen LogP contribution in [0.25, 0.3) is 22.8 Å². The lowest BCUT2D eigenvalue weighted by molar-refractivity contribution is -0.275. The van der Waals surface area contributed by atoms with Gasteiger partial charge in [-0.15, -0.1) is 26.3 Å². The van der Waals surface area contributed by atoms with Crippen molar-refractivity contribution in [2.45, 2.75) is 19.6 Å². The first kappa shape index (κ1) is 21.9. The van der Waals surface area contributed by atoms with E-state index in [0.29, 0.717) is 5.56 Å². The molecule has 0 unspecified atom stereocenters. The van der Waals surface area contributed by atoms with Gasteiger partial charge in [-0.3, -0.25) is 9.89 Å². The summed E-state index contributed by atoms with van der Waals surface area (Å²) in [5.74, 6) is -1.35. The standard InChI is InChI=1S/C18H12F6N4O3/c1-9(29)25-14-8-12(31-18(22,23)24)6-7-13(14)16-26-15(27-28-16)10-2-4-11(5-3-10)30-17(19,20)21/h2-8H,1H3,(H,25,29)(H,26,27,28). The van der Waals surface area contributed by atoms with E-state index in [4.69, 9.17) is 0 Å². The van der Waals surface area contributed by atoms with Gasteiger partial charge in [0.2, 0.25) is 5.91 Å². The van der Waals surface area contributed by atoms with Gasteiger partial charge < -0.3 is 14.8 Å². The number of aromatic nitrogens is 3. The van der Waals surface area contributed by atoms with E-state index in [1.165, 1.54) is 18.2 Å². The molecule has 0 fully saturated rings. The van der Waals surface area contributed by atoms with E-state index in [9.17, 15) is 31.1 Å². The number of aromatic amines is 1. The number of H-pyrrole nitrogens is 1. The van der Waals surface area contributed by atoms with E-state index in [-0.39, 0.29) is 22.9 Å². The highest BCUT2D eigenvalue weighted by molar-refractivity contribution is 5.93. The van der Waals surface area contributed by atoms with Gasteiger partial charge in [-0.25, -0.2) is 4.98 Å². The zero-order valence-corrected chi connectivity index (χ0v) is 15.4. The predicted molar refractivity (Wildman–Crippen MR) is 94.9 cm³/mol. The zero-order chi connectivity index (χ0) is 22.8. The molecule has 0 aliphatic heterocycles. The van der Waals surface area contributed by atoms with Crippen molar-refractivity contribution in [2.75, 3.05) is 5.32 Å². The number of benzene rings is 2. The molecule has 0 saturated carbocycles. The van der Waals surface area contributed by atoms with Gasteiger partial charge in [-0.1, -0.05) is 0 Å². The second-order valence-electron chi connectivity index (χ2n) is 6.02. The summed E-state index contributed by atoms with van der Waals surface area (Å²) in [4.78, 5) is 15.6. The molecule has 1 amide bonds. The van der Waals surface area contributed by atoms with Crippen LogP contribution in [-0.4, -0.2) is 33.8 Å². The first-order valence-corrected chi connectivity index (χ1v) is 8.36. The van der Waals surface area contributed by atoms with Gasteiger partial charge in [0.05, 0.1) is 5.69 Å². The van der Waals surface area contributed by atoms with Crippen molar-refractivity contribution >= 4 is 11.6 Å². The van der Waals surface area contributed by atoms with Crippen molar-refractivity contribution in [1.82, 2.24) is 15.2 Å². The fraction of sp³-hybridized carbons (Fsp3) is 0.167. The summed E-state index contributed by atoms with van der Waals surface area (Å²) in [6.45, 7) is 1.16. The molecule has 0 saturated heterocycles. The summed E-state index contributed by atoms with van der Waals surface area (Å²) in [6.07, 6.45) is -9.75. The van der Waals surface area contributed by atoms with E-state index in [2.05, 4.69) is 30.0 Å². The highest BCUT2D eigenvalue weighted by Gasteiger charge is 2.32. The number of alkyl halides is 6. The maximum Gasteiger partial charge on any atom is 0.573 e. The van der Waals surface area contributed by atoms with Crippen molar-refractivity contribution in [1.29, 1.82) is 0 Å². The third kappa shape index (κ3) is 6.10. The molecule has 13 heteroatoms. The Labute approximate surface area is 170 Å². The lowest BCUT2D eigenvalue weighted by Crippen LogP contribution is -2.17. The molecular weight excluding hydrogens is 434 g/mol. The van der Waals surface area contributed by atoms with Gasteiger partial charge in [0, 0.05) is 24.1 Å². The Kier molecular flexibility index (Phi) is 5.77. The van der Waals surface area contributed by atoms with E-state index in [1.54, 1.807) is 0 Å². The van der Waals surface area contributed by atoms with E-state index in [0.717, 1.165) is 31.2 Å². The summed E-state index contributed by atoms with van der Waals surface area (Å²) in [5.41, 5.74) is 0.529. The van der Waals surface area contributed by atoms with Crippen LogP contribution in [0.3, 0.4) is 0 Å². The Morgan fingerprint density at radius 1 is 0.935 bits per heavy atom. The number of rotatable bonds is 5. The first-order valence-electron chi connectivity index (χ1n) is 8.36. The third-order valence-corrected chi connectivity index (χ3v) is 3.62. The average Bonchev–Trinajstić information content (AvgIpc) is 3.09. The van der Waals surface area contributed by atoms with E-state index in [1.807, 2.05) is 0 Å². The first-order chi connectivity index (χ1) is 14.4. The van der Waals surface area contributed by atoms with Crippen LogP contribution in [0.15, 0.2) is 42.5 Å². The second kappa shape index (κ2) is 8.16. The molecule has 164 valence electrons. The molecule has 0 aliphatic carbocycles. The molecule has 3 aromatic rings. The van der Waals surface area contributed by atoms with Gasteiger partial charge in [-0.05, 0) is 36.4 Å². The molecular formula is C18H12F6N4O3. The van der Waals surface area contributed by atoms with Crippen LogP contribution < -0.4 is 14.8 Å². The van der Waals surface area contributed by atoms with Crippen molar-refractivity contribution in [3.63, 3.8) is 0 Å². The van der Waals surface area contributed by atoms with Crippen molar-refractivity contribution in [3.8, 4) is 34.3 Å². The number of hydrogen-bond acceptors (Lipinski definition) is 5. The summed E-state index contributed by atoms with van der Waals surface area (Å²) >= 11 is 0. The highest BCUT2D eigenvalue weighted by Crippen LogP contribution is 2.33. The van der Waals surface area contributed by atoms with Gasteiger partial charge >= 0.3 is 12.7 Å². The van der Waals surface area contributed by atoms with Gasteiger partial charge in [-0.2, -0.15) is 5.10 Å². The molecule has 1 heterocycles. The molecule has 0 atom stereocenters. The van der Waals surface area contributed by atoms with Gasteiger partial charge in [0.25, 0.3) is 0 Å². The maximum atomic E-state index is 12.5. The van der Waals surface area contributed by atoms with Crippen LogP contribution in [0.1, 0.15) is 6.92 Å².